The van der Waals surface area contributed by atoms with Gasteiger partial charge in [-0.1, -0.05) is 30.3 Å². The van der Waals surface area contributed by atoms with Crippen molar-refractivity contribution in [1.29, 1.82) is 0 Å². The molecule has 1 N–H and O–H groups in total. The van der Waals surface area contributed by atoms with Gasteiger partial charge >= 0.3 is 5.97 Å². The molecule has 0 saturated carbocycles. The maximum atomic E-state index is 14.2. The number of halogens is 1. The Balaban J connectivity index is 1.88. The molecule has 2 aromatic rings. The summed E-state index contributed by atoms with van der Waals surface area (Å²) in [6.07, 6.45) is -0.201. The topological polar surface area (TPSA) is 66.8 Å². The molecule has 2 heterocycles. The second-order valence-electron chi connectivity index (χ2n) is 5.62. The molecule has 7 heteroatoms. The van der Waals surface area contributed by atoms with E-state index < -0.39 is 24.1 Å². The van der Waals surface area contributed by atoms with E-state index in [0.29, 0.717) is 10.6 Å². The Labute approximate surface area is 142 Å². The molecule has 0 bridgehead atoms. The average molecular weight is 349 g/mol. The molecular formula is C17H16FNO4S. The highest BCUT2D eigenvalue weighted by Crippen LogP contribution is 2.38. The van der Waals surface area contributed by atoms with Crippen molar-refractivity contribution in [2.75, 3.05) is 20.2 Å². The van der Waals surface area contributed by atoms with E-state index in [1.165, 1.54) is 23.3 Å². The molecular weight excluding hydrogens is 333 g/mol. The van der Waals surface area contributed by atoms with E-state index in [2.05, 4.69) is 0 Å². The zero-order valence-electron chi connectivity index (χ0n) is 13.0. The van der Waals surface area contributed by atoms with Crippen LogP contribution in [0.4, 0.5) is 4.39 Å². The fraction of sp³-hybridized carbons (Fsp3) is 0.294. The quantitative estimate of drug-likeness (QED) is 0.921. The van der Waals surface area contributed by atoms with Crippen molar-refractivity contribution in [2.24, 2.45) is 0 Å². The monoisotopic (exact) mass is 349 g/mol. The third-order valence-corrected chi connectivity index (χ3v) is 5.21. The third-order valence-electron chi connectivity index (χ3n) is 4.06. The number of carboxylic acid groups (broad SMARTS) is 1. The molecule has 1 aliphatic rings. The molecule has 1 aromatic carbocycles. The number of hydrogen-bond acceptors (Lipinski definition) is 4. The fourth-order valence-electron chi connectivity index (χ4n) is 2.68. The zero-order chi connectivity index (χ0) is 17.3. The van der Waals surface area contributed by atoms with Gasteiger partial charge in [-0.15, -0.1) is 11.3 Å². The minimum absolute atomic E-state index is 0.0728. The first kappa shape index (κ1) is 16.4. The number of carboxylic acids is 1. The van der Waals surface area contributed by atoms with Crippen LogP contribution in [0, 0.1) is 0 Å². The lowest BCUT2D eigenvalue weighted by Gasteiger charge is -2.17. The minimum Gasteiger partial charge on any atom is -0.495 e. The van der Waals surface area contributed by atoms with Crippen LogP contribution in [0.3, 0.4) is 0 Å². The normalized spacial score (nSPS) is 20.2. The lowest BCUT2D eigenvalue weighted by atomic mass is 10.1. The van der Waals surface area contributed by atoms with Gasteiger partial charge < -0.3 is 14.7 Å². The molecule has 126 valence electrons. The molecule has 24 heavy (non-hydrogen) atoms. The summed E-state index contributed by atoms with van der Waals surface area (Å²) in [7, 11) is 1.47. The minimum atomic E-state index is -2.37. The van der Waals surface area contributed by atoms with E-state index >= 15 is 0 Å². The van der Waals surface area contributed by atoms with Gasteiger partial charge in [0.05, 0.1) is 13.7 Å². The Kier molecular flexibility index (Phi) is 4.28. The van der Waals surface area contributed by atoms with Gasteiger partial charge in [-0.3, -0.25) is 4.79 Å². The average Bonchev–Trinajstić information content (AvgIpc) is 3.20. The van der Waals surface area contributed by atoms with Crippen molar-refractivity contribution in [3.8, 4) is 16.2 Å². The summed E-state index contributed by atoms with van der Waals surface area (Å²) in [4.78, 5) is 26.1. The summed E-state index contributed by atoms with van der Waals surface area (Å²) in [6, 6.07) is 11.3. The molecule has 1 amide bonds. The Bertz CT molecular complexity index is 776. The molecule has 0 spiro atoms. The number of methoxy groups -OCH3 is 1. The largest absolute Gasteiger partial charge is 0.495 e. The summed E-state index contributed by atoms with van der Waals surface area (Å²) in [5, 5.41) is 8.96. The third kappa shape index (κ3) is 2.87. The van der Waals surface area contributed by atoms with Crippen molar-refractivity contribution in [3.63, 3.8) is 0 Å². The number of aliphatic carboxylic acids is 1. The second kappa shape index (κ2) is 6.24. The molecule has 1 saturated heterocycles. The molecule has 0 radical (unpaired) electrons. The number of hydrogen-bond donors (Lipinski definition) is 1. The second-order valence-corrected chi connectivity index (χ2v) is 6.67. The van der Waals surface area contributed by atoms with Crippen LogP contribution in [0.2, 0.25) is 0 Å². The number of carbonyl (C=O) groups is 2. The number of alkyl halides is 1. The molecule has 3 rings (SSSR count). The first-order valence-electron chi connectivity index (χ1n) is 7.39. The van der Waals surface area contributed by atoms with Gasteiger partial charge in [0, 0.05) is 17.8 Å². The van der Waals surface area contributed by atoms with Crippen LogP contribution in [-0.4, -0.2) is 47.8 Å². The summed E-state index contributed by atoms with van der Waals surface area (Å²) >= 11 is 1.25. The maximum absolute atomic E-state index is 14.2. The van der Waals surface area contributed by atoms with E-state index in [4.69, 9.17) is 9.84 Å². The van der Waals surface area contributed by atoms with Crippen molar-refractivity contribution in [1.82, 2.24) is 4.90 Å². The maximum Gasteiger partial charge on any atom is 0.343 e. The van der Waals surface area contributed by atoms with Gasteiger partial charge in [-0.05, 0) is 11.6 Å². The van der Waals surface area contributed by atoms with Crippen molar-refractivity contribution in [2.45, 2.75) is 12.1 Å². The van der Waals surface area contributed by atoms with Crippen LogP contribution in [0.15, 0.2) is 36.4 Å². The van der Waals surface area contributed by atoms with Crippen LogP contribution < -0.4 is 4.74 Å². The number of amides is 1. The zero-order valence-corrected chi connectivity index (χ0v) is 13.8. The number of rotatable bonds is 4. The number of likely N-dealkylation sites (tertiary alicyclic amines) is 1. The van der Waals surface area contributed by atoms with E-state index in [0.717, 1.165) is 10.4 Å². The SMILES string of the molecule is COc1cc(-c2ccccc2)sc1C(=O)N1CCC(F)(C(=O)O)C1. The summed E-state index contributed by atoms with van der Waals surface area (Å²) in [5.41, 5.74) is -1.42. The molecule has 1 unspecified atom stereocenters. The molecule has 0 aliphatic carbocycles. The van der Waals surface area contributed by atoms with Gasteiger partial charge in [-0.2, -0.15) is 0 Å². The van der Waals surface area contributed by atoms with Crippen molar-refractivity contribution in [3.05, 3.63) is 41.3 Å². The number of benzene rings is 1. The first-order valence-corrected chi connectivity index (χ1v) is 8.21. The lowest BCUT2D eigenvalue weighted by Crippen LogP contribution is -2.38. The number of ether oxygens (including phenoxy) is 1. The highest BCUT2D eigenvalue weighted by Gasteiger charge is 2.47. The first-order chi connectivity index (χ1) is 11.4. The van der Waals surface area contributed by atoms with Crippen LogP contribution in [0.1, 0.15) is 16.1 Å². The molecule has 5 nitrogen and oxygen atoms in total. The van der Waals surface area contributed by atoms with Crippen molar-refractivity contribution < 1.29 is 23.8 Å². The highest BCUT2D eigenvalue weighted by atomic mass is 32.1. The Morgan fingerprint density at radius 2 is 2.04 bits per heavy atom. The van der Waals surface area contributed by atoms with E-state index in [9.17, 15) is 14.0 Å². The summed E-state index contributed by atoms with van der Waals surface area (Å²) < 4.78 is 19.5. The smallest absolute Gasteiger partial charge is 0.343 e. The van der Waals surface area contributed by atoms with Crippen LogP contribution in [0.25, 0.3) is 10.4 Å². The highest BCUT2D eigenvalue weighted by molar-refractivity contribution is 7.17. The van der Waals surface area contributed by atoms with Crippen LogP contribution in [0.5, 0.6) is 5.75 Å². The molecule has 1 atom stereocenters. The van der Waals surface area contributed by atoms with Gasteiger partial charge in [0.15, 0.2) is 0 Å². The van der Waals surface area contributed by atoms with E-state index in [1.807, 2.05) is 30.3 Å². The van der Waals surface area contributed by atoms with E-state index in [1.54, 1.807) is 6.07 Å². The summed E-state index contributed by atoms with van der Waals surface area (Å²) in [5.74, 6) is -1.52. The van der Waals surface area contributed by atoms with Gasteiger partial charge in [0.2, 0.25) is 5.67 Å². The standard InChI is InChI=1S/C17H16FNO4S/c1-23-12-9-13(11-5-3-2-4-6-11)24-14(12)15(20)19-8-7-17(18,10-19)16(21)22/h2-6,9H,7-8,10H2,1H3,(H,21,22). The Hall–Kier alpha value is -2.41. The van der Waals surface area contributed by atoms with Gasteiger partial charge in [0.1, 0.15) is 10.6 Å². The number of thiophene rings is 1. The van der Waals surface area contributed by atoms with Crippen molar-refractivity contribution >= 4 is 23.2 Å². The van der Waals surface area contributed by atoms with E-state index in [-0.39, 0.29) is 13.0 Å². The molecule has 1 aromatic heterocycles. The van der Waals surface area contributed by atoms with Gasteiger partial charge in [-0.25, -0.2) is 9.18 Å². The predicted octanol–water partition coefficient (Wildman–Crippen LogP) is 3.06. The van der Waals surface area contributed by atoms with Crippen LogP contribution >= 0.6 is 11.3 Å². The predicted molar refractivity (Wildman–Crippen MR) is 88.3 cm³/mol. The lowest BCUT2D eigenvalue weighted by molar-refractivity contribution is -0.149. The molecule has 1 fully saturated rings. The summed E-state index contributed by atoms with van der Waals surface area (Å²) in [6.45, 7) is -0.369. The number of nitrogens with zero attached hydrogens (tertiary/aromatic N) is 1. The Morgan fingerprint density at radius 3 is 2.62 bits per heavy atom. The molecule has 1 aliphatic heterocycles. The Morgan fingerprint density at radius 1 is 1.33 bits per heavy atom. The fourth-order valence-corrected chi connectivity index (χ4v) is 3.78. The van der Waals surface area contributed by atoms with Gasteiger partial charge in [0.25, 0.3) is 5.91 Å². The van der Waals surface area contributed by atoms with Crippen LogP contribution in [-0.2, 0) is 4.79 Å². The number of carbonyl (C=O) groups excluding carboxylic acids is 1.